The van der Waals surface area contributed by atoms with Crippen LogP contribution in [0.1, 0.15) is 36.3 Å². The second-order valence-corrected chi connectivity index (χ2v) is 9.26. The molecule has 178 valence electrons. The first kappa shape index (κ1) is 22.4. The van der Waals surface area contributed by atoms with Gasteiger partial charge in [0.2, 0.25) is 5.91 Å². The van der Waals surface area contributed by atoms with E-state index in [1.807, 2.05) is 24.3 Å². The molecule has 3 aliphatic rings. The first-order chi connectivity index (χ1) is 16.5. The lowest BCUT2D eigenvalue weighted by Gasteiger charge is -2.16. The summed E-state index contributed by atoms with van der Waals surface area (Å²) < 4.78 is 11.2. The lowest BCUT2D eigenvalue weighted by atomic mass is 9.98. The maximum Gasteiger partial charge on any atom is 0.407 e. The van der Waals surface area contributed by atoms with E-state index >= 15 is 0 Å². The van der Waals surface area contributed by atoms with Gasteiger partial charge in [-0.15, -0.1) is 0 Å². The van der Waals surface area contributed by atoms with Crippen LogP contribution < -0.4 is 10.6 Å². The molecule has 0 radical (unpaired) electrons. The van der Waals surface area contributed by atoms with Crippen molar-refractivity contribution in [2.75, 3.05) is 19.8 Å². The largest absolute Gasteiger partial charge is 0.480 e. The second kappa shape index (κ2) is 9.46. The van der Waals surface area contributed by atoms with Gasteiger partial charge in [0.1, 0.15) is 12.6 Å². The lowest BCUT2D eigenvalue weighted by molar-refractivity contribution is -0.143. The molecular weight excluding hydrogens is 436 g/mol. The highest BCUT2D eigenvalue weighted by atomic mass is 16.5. The molecule has 1 saturated carbocycles. The monoisotopic (exact) mass is 464 g/mol. The number of hydrogen-bond acceptors (Lipinski definition) is 5. The number of carbonyl (C=O) groups excluding carboxylic acids is 2. The smallest absolute Gasteiger partial charge is 0.407 e. The number of benzene rings is 2. The molecule has 2 fully saturated rings. The van der Waals surface area contributed by atoms with Crippen molar-refractivity contribution in [3.63, 3.8) is 0 Å². The summed E-state index contributed by atoms with van der Waals surface area (Å²) in [5.41, 5.74) is 4.64. The van der Waals surface area contributed by atoms with Crippen molar-refractivity contribution in [1.29, 1.82) is 0 Å². The fourth-order valence-corrected chi connectivity index (χ4v) is 4.96. The minimum Gasteiger partial charge on any atom is -0.480 e. The second-order valence-electron chi connectivity index (χ2n) is 9.26. The van der Waals surface area contributed by atoms with Crippen LogP contribution in [-0.2, 0) is 19.1 Å². The topological polar surface area (TPSA) is 114 Å². The molecule has 1 saturated heterocycles. The predicted octanol–water partition coefficient (Wildman–Crippen LogP) is 2.91. The van der Waals surface area contributed by atoms with Crippen molar-refractivity contribution in [2.45, 2.75) is 37.3 Å². The number of fused-ring (bicyclic) bond motifs is 3. The van der Waals surface area contributed by atoms with E-state index in [2.05, 4.69) is 34.9 Å². The van der Waals surface area contributed by atoms with Gasteiger partial charge in [0.25, 0.3) is 0 Å². The fourth-order valence-electron chi connectivity index (χ4n) is 4.96. The van der Waals surface area contributed by atoms with Crippen molar-refractivity contribution in [2.24, 2.45) is 11.8 Å². The maximum atomic E-state index is 12.5. The zero-order valence-corrected chi connectivity index (χ0v) is 18.7. The number of hydrogen-bond donors (Lipinski definition) is 3. The van der Waals surface area contributed by atoms with E-state index in [-0.39, 0.29) is 43.6 Å². The normalized spacial score (nSPS) is 21.9. The first-order valence-corrected chi connectivity index (χ1v) is 11.7. The van der Waals surface area contributed by atoms with Crippen molar-refractivity contribution in [1.82, 2.24) is 10.6 Å². The summed E-state index contributed by atoms with van der Waals surface area (Å²) in [6, 6.07) is 15.5. The number of alkyl carbamates (subject to hydrolysis) is 1. The summed E-state index contributed by atoms with van der Waals surface area (Å²) in [6.45, 7) is 0.666. The summed E-state index contributed by atoms with van der Waals surface area (Å²) >= 11 is 0. The molecule has 5 rings (SSSR count). The van der Waals surface area contributed by atoms with Gasteiger partial charge in [-0.2, -0.15) is 0 Å². The molecule has 0 spiro atoms. The number of carbonyl (C=O) groups is 3. The lowest BCUT2D eigenvalue weighted by Crippen LogP contribution is -2.45. The van der Waals surface area contributed by atoms with Crippen LogP contribution in [-0.4, -0.2) is 55.0 Å². The average molecular weight is 465 g/mol. The zero-order chi connectivity index (χ0) is 23.7. The molecule has 3 unspecified atom stereocenters. The Morgan fingerprint density at radius 3 is 2.29 bits per heavy atom. The quantitative estimate of drug-likeness (QED) is 0.554. The van der Waals surface area contributed by atoms with E-state index < -0.39 is 24.0 Å². The van der Waals surface area contributed by atoms with Crippen LogP contribution in [0.3, 0.4) is 0 Å². The first-order valence-electron chi connectivity index (χ1n) is 11.7. The highest BCUT2D eigenvalue weighted by molar-refractivity contribution is 5.85. The van der Waals surface area contributed by atoms with Crippen LogP contribution >= 0.6 is 0 Å². The minimum atomic E-state index is -0.997. The molecule has 0 bridgehead atoms. The van der Waals surface area contributed by atoms with Gasteiger partial charge < -0.3 is 25.2 Å². The van der Waals surface area contributed by atoms with E-state index in [9.17, 15) is 19.5 Å². The van der Waals surface area contributed by atoms with E-state index in [0.29, 0.717) is 6.42 Å². The van der Waals surface area contributed by atoms with Gasteiger partial charge in [-0.1, -0.05) is 48.5 Å². The summed E-state index contributed by atoms with van der Waals surface area (Å²) in [7, 11) is 0. The Labute approximate surface area is 197 Å². The standard InChI is InChI=1S/C26H28N2O6/c29-24(28-23(25(30)31)15-9-10-15)16-11-17(33-13-16)12-27-26(32)34-14-22-20-7-3-1-5-18(20)19-6-2-4-8-21(19)22/h1-8,15-17,22-23H,9-14H2,(H,27,32)(H,28,29)(H,30,31). The molecular formula is C26H28N2O6. The molecule has 2 aromatic carbocycles. The van der Waals surface area contributed by atoms with E-state index in [4.69, 9.17) is 9.47 Å². The molecule has 3 N–H and O–H groups in total. The third kappa shape index (κ3) is 4.63. The Kier molecular flexibility index (Phi) is 6.24. The summed E-state index contributed by atoms with van der Waals surface area (Å²) in [5, 5.41) is 14.7. The number of ether oxygens (including phenoxy) is 2. The highest BCUT2D eigenvalue weighted by Gasteiger charge is 2.40. The van der Waals surface area contributed by atoms with Crippen LogP contribution in [0.2, 0.25) is 0 Å². The SMILES string of the molecule is O=C(NCC1CC(C(=O)NC(C(=O)O)C2CC2)CO1)OCC1c2ccccc2-c2ccccc21. The van der Waals surface area contributed by atoms with Gasteiger partial charge >= 0.3 is 12.1 Å². The van der Waals surface area contributed by atoms with Crippen LogP contribution in [0, 0.1) is 11.8 Å². The Morgan fingerprint density at radius 2 is 1.68 bits per heavy atom. The van der Waals surface area contributed by atoms with Crippen LogP contribution in [0.4, 0.5) is 4.79 Å². The number of amides is 2. The van der Waals surface area contributed by atoms with Gasteiger partial charge in [0, 0.05) is 12.5 Å². The van der Waals surface area contributed by atoms with Gasteiger partial charge in [0.05, 0.1) is 18.6 Å². The molecule has 8 nitrogen and oxygen atoms in total. The molecule has 34 heavy (non-hydrogen) atoms. The molecule has 2 amide bonds. The number of rotatable bonds is 8. The van der Waals surface area contributed by atoms with Crippen LogP contribution in [0.15, 0.2) is 48.5 Å². The summed E-state index contributed by atoms with van der Waals surface area (Å²) in [5.74, 6) is -1.71. The molecule has 1 aliphatic heterocycles. The Bertz CT molecular complexity index is 1050. The van der Waals surface area contributed by atoms with Crippen LogP contribution in [0.5, 0.6) is 0 Å². The fraction of sp³-hybridized carbons (Fsp3) is 0.423. The highest BCUT2D eigenvalue weighted by Crippen LogP contribution is 2.44. The van der Waals surface area contributed by atoms with Gasteiger partial charge in [-0.05, 0) is 47.4 Å². The zero-order valence-electron chi connectivity index (χ0n) is 18.7. The number of carboxylic acids is 1. The van der Waals surface area contributed by atoms with Gasteiger partial charge in [-0.25, -0.2) is 9.59 Å². The predicted molar refractivity (Wildman–Crippen MR) is 123 cm³/mol. The van der Waals surface area contributed by atoms with E-state index in [1.54, 1.807) is 0 Å². The van der Waals surface area contributed by atoms with Crippen molar-refractivity contribution >= 4 is 18.0 Å². The van der Waals surface area contributed by atoms with E-state index in [0.717, 1.165) is 24.0 Å². The van der Waals surface area contributed by atoms with Crippen molar-refractivity contribution in [3.8, 4) is 11.1 Å². The third-order valence-corrected chi connectivity index (χ3v) is 6.93. The third-order valence-electron chi connectivity index (χ3n) is 6.93. The number of nitrogens with one attached hydrogen (secondary N) is 2. The summed E-state index contributed by atoms with van der Waals surface area (Å²) in [6.07, 6.45) is 1.22. The molecule has 2 aliphatic carbocycles. The summed E-state index contributed by atoms with van der Waals surface area (Å²) in [4.78, 5) is 36.2. The van der Waals surface area contributed by atoms with E-state index in [1.165, 1.54) is 11.1 Å². The average Bonchev–Trinajstić information content (AvgIpc) is 3.48. The molecule has 0 aromatic heterocycles. The molecule has 1 heterocycles. The number of aliphatic carboxylic acids is 1. The Hall–Kier alpha value is -3.39. The van der Waals surface area contributed by atoms with Gasteiger partial charge in [-0.3, -0.25) is 4.79 Å². The Morgan fingerprint density at radius 1 is 1.03 bits per heavy atom. The molecule has 2 aromatic rings. The Balaban J connectivity index is 1.09. The molecule has 8 heteroatoms. The van der Waals surface area contributed by atoms with Gasteiger partial charge in [0.15, 0.2) is 0 Å². The minimum absolute atomic E-state index is 0.0115. The number of carboxylic acid groups (broad SMARTS) is 1. The maximum absolute atomic E-state index is 12.5. The van der Waals surface area contributed by atoms with Crippen LogP contribution in [0.25, 0.3) is 11.1 Å². The van der Waals surface area contributed by atoms with Crippen molar-refractivity contribution < 1.29 is 29.0 Å². The van der Waals surface area contributed by atoms with Crippen molar-refractivity contribution in [3.05, 3.63) is 59.7 Å². The molecule has 3 atom stereocenters.